The van der Waals surface area contributed by atoms with E-state index in [1.807, 2.05) is 29.6 Å². The van der Waals surface area contributed by atoms with Crippen LogP contribution in [0.25, 0.3) is 11.3 Å². The summed E-state index contributed by atoms with van der Waals surface area (Å²) in [4.78, 5) is 26.6. The first kappa shape index (κ1) is 19.6. The first-order valence-electron chi connectivity index (χ1n) is 7.45. The Kier molecular flexibility index (Phi) is 6.48. The summed E-state index contributed by atoms with van der Waals surface area (Å²) in [5.41, 5.74) is 3.41. The van der Waals surface area contributed by atoms with E-state index in [4.69, 9.17) is 5.11 Å². The van der Waals surface area contributed by atoms with Crippen LogP contribution in [0.3, 0.4) is 0 Å². The minimum absolute atomic E-state index is 0. The molecule has 0 radical (unpaired) electrons. The zero-order chi connectivity index (χ0) is 17.8. The molecule has 0 spiro atoms. The summed E-state index contributed by atoms with van der Waals surface area (Å²) in [6.45, 7) is 1.47. The van der Waals surface area contributed by atoms with Crippen LogP contribution in [0, 0.1) is 0 Å². The van der Waals surface area contributed by atoms with E-state index < -0.39 is 5.97 Å². The molecule has 0 aliphatic rings. The number of carbonyl (C=O) groups is 2. The number of benzene rings is 2. The third-order valence-corrected chi connectivity index (χ3v) is 4.12. The second-order valence-corrected chi connectivity index (χ2v) is 6.17. The molecule has 26 heavy (non-hydrogen) atoms. The number of hydrogen-bond acceptors (Lipinski definition) is 5. The summed E-state index contributed by atoms with van der Waals surface area (Å²) in [5.74, 6) is -1.08. The molecule has 1 amide bonds. The van der Waals surface area contributed by atoms with E-state index in [1.165, 1.54) is 30.4 Å². The third kappa shape index (κ3) is 4.90. The number of halogens is 1. The van der Waals surface area contributed by atoms with Gasteiger partial charge in [-0.2, -0.15) is 0 Å². The highest BCUT2D eigenvalue weighted by Crippen LogP contribution is 2.28. The third-order valence-electron chi connectivity index (χ3n) is 3.37. The van der Waals surface area contributed by atoms with Crippen molar-refractivity contribution in [2.45, 2.75) is 6.92 Å². The van der Waals surface area contributed by atoms with Crippen molar-refractivity contribution >= 4 is 56.7 Å². The van der Waals surface area contributed by atoms with Gasteiger partial charge in [0.2, 0.25) is 5.91 Å². The number of carboxylic acid groups (broad SMARTS) is 1. The fraction of sp³-hybridized carbons (Fsp3) is 0.0556. The van der Waals surface area contributed by atoms with Crippen molar-refractivity contribution in [1.29, 1.82) is 0 Å². The Labute approximate surface area is 164 Å². The summed E-state index contributed by atoms with van der Waals surface area (Å²) < 4.78 is 0. The van der Waals surface area contributed by atoms with Crippen molar-refractivity contribution in [2.75, 3.05) is 10.6 Å². The molecule has 0 aliphatic heterocycles. The average Bonchev–Trinajstić information content (AvgIpc) is 3.03. The summed E-state index contributed by atoms with van der Waals surface area (Å²) >= 11 is 1.44. The lowest BCUT2D eigenvalue weighted by molar-refractivity contribution is -0.114. The SMILES string of the molecule is Br.CC(=O)Nc1cccc(-c2csc(Nc3ccc(C(=O)O)cc3)n2)c1. The predicted molar refractivity (Wildman–Crippen MR) is 109 cm³/mol. The second kappa shape index (κ2) is 8.59. The highest BCUT2D eigenvalue weighted by atomic mass is 79.9. The maximum Gasteiger partial charge on any atom is 0.335 e. The Bertz CT molecular complexity index is 925. The molecule has 0 unspecified atom stereocenters. The first-order valence-corrected chi connectivity index (χ1v) is 8.33. The summed E-state index contributed by atoms with van der Waals surface area (Å²) in [5, 5.41) is 17.4. The number of rotatable bonds is 5. The predicted octanol–water partition coefficient (Wildman–Crippen LogP) is 4.79. The van der Waals surface area contributed by atoms with Crippen molar-refractivity contribution in [3.8, 4) is 11.3 Å². The van der Waals surface area contributed by atoms with E-state index in [1.54, 1.807) is 12.1 Å². The molecule has 0 saturated carbocycles. The van der Waals surface area contributed by atoms with Crippen molar-refractivity contribution in [2.24, 2.45) is 0 Å². The van der Waals surface area contributed by atoms with Crippen LogP contribution in [0.2, 0.25) is 0 Å². The fourth-order valence-corrected chi connectivity index (χ4v) is 2.98. The lowest BCUT2D eigenvalue weighted by atomic mass is 10.1. The molecule has 3 rings (SSSR count). The number of thiazole rings is 1. The van der Waals surface area contributed by atoms with Crippen LogP contribution in [-0.2, 0) is 4.79 Å². The number of amides is 1. The second-order valence-electron chi connectivity index (χ2n) is 5.31. The van der Waals surface area contributed by atoms with E-state index in [0.717, 1.165) is 22.6 Å². The van der Waals surface area contributed by atoms with Gasteiger partial charge in [0, 0.05) is 29.2 Å². The van der Waals surface area contributed by atoms with Crippen LogP contribution < -0.4 is 10.6 Å². The molecule has 3 aromatic rings. The van der Waals surface area contributed by atoms with Crippen LogP contribution in [0.1, 0.15) is 17.3 Å². The summed E-state index contributed by atoms with van der Waals surface area (Å²) in [6, 6.07) is 13.9. The molecular formula is C18H16BrN3O3S. The van der Waals surface area contributed by atoms with Gasteiger partial charge in [0.15, 0.2) is 5.13 Å². The van der Waals surface area contributed by atoms with Crippen molar-refractivity contribution in [3.63, 3.8) is 0 Å². The van der Waals surface area contributed by atoms with Crippen LogP contribution in [0.15, 0.2) is 53.9 Å². The minimum Gasteiger partial charge on any atom is -0.478 e. The molecule has 0 aliphatic carbocycles. The number of nitrogens with one attached hydrogen (secondary N) is 2. The lowest BCUT2D eigenvalue weighted by Gasteiger charge is -2.04. The van der Waals surface area contributed by atoms with E-state index in [2.05, 4.69) is 15.6 Å². The van der Waals surface area contributed by atoms with Crippen molar-refractivity contribution in [3.05, 3.63) is 59.5 Å². The molecule has 134 valence electrons. The van der Waals surface area contributed by atoms with Gasteiger partial charge >= 0.3 is 5.97 Å². The highest BCUT2D eigenvalue weighted by molar-refractivity contribution is 8.93. The van der Waals surface area contributed by atoms with Gasteiger partial charge < -0.3 is 15.7 Å². The van der Waals surface area contributed by atoms with Crippen molar-refractivity contribution < 1.29 is 14.7 Å². The number of carbonyl (C=O) groups excluding carboxylic acids is 1. The molecule has 6 nitrogen and oxygen atoms in total. The number of hydrogen-bond donors (Lipinski definition) is 3. The molecule has 0 atom stereocenters. The Balaban J connectivity index is 0.00000243. The number of anilines is 3. The number of aromatic carboxylic acids is 1. The normalized spacial score (nSPS) is 9.88. The summed E-state index contributed by atoms with van der Waals surface area (Å²) in [7, 11) is 0. The van der Waals surface area contributed by atoms with Gasteiger partial charge in [-0.15, -0.1) is 28.3 Å². The van der Waals surface area contributed by atoms with Gasteiger partial charge in [0.25, 0.3) is 0 Å². The van der Waals surface area contributed by atoms with Crippen LogP contribution in [0.4, 0.5) is 16.5 Å². The minimum atomic E-state index is -0.956. The van der Waals surface area contributed by atoms with Crippen LogP contribution in [-0.4, -0.2) is 22.0 Å². The van der Waals surface area contributed by atoms with Gasteiger partial charge in [-0.1, -0.05) is 12.1 Å². The van der Waals surface area contributed by atoms with E-state index >= 15 is 0 Å². The van der Waals surface area contributed by atoms with Gasteiger partial charge in [-0.05, 0) is 36.4 Å². The number of nitrogens with zero attached hydrogens (tertiary/aromatic N) is 1. The molecular weight excluding hydrogens is 418 g/mol. The van der Waals surface area contributed by atoms with Gasteiger partial charge in [-0.3, -0.25) is 4.79 Å². The Hall–Kier alpha value is -2.71. The Morgan fingerprint density at radius 1 is 1.08 bits per heavy atom. The van der Waals surface area contributed by atoms with Crippen LogP contribution >= 0.6 is 28.3 Å². The zero-order valence-electron chi connectivity index (χ0n) is 13.7. The Morgan fingerprint density at radius 2 is 1.81 bits per heavy atom. The molecule has 2 aromatic carbocycles. The Morgan fingerprint density at radius 3 is 2.46 bits per heavy atom. The monoisotopic (exact) mass is 433 g/mol. The maximum absolute atomic E-state index is 11.2. The maximum atomic E-state index is 11.2. The molecule has 0 fully saturated rings. The van der Waals surface area contributed by atoms with Crippen molar-refractivity contribution in [1.82, 2.24) is 4.98 Å². The molecule has 0 bridgehead atoms. The quantitative estimate of drug-likeness (QED) is 0.537. The molecule has 3 N–H and O–H groups in total. The molecule has 1 heterocycles. The van der Waals surface area contributed by atoms with E-state index in [0.29, 0.717) is 5.13 Å². The van der Waals surface area contributed by atoms with Gasteiger partial charge in [0.05, 0.1) is 11.3 Å². The highest BCUT2D eigenvalue weighted by Gasteiger charge is 2.07. The molecule has 8 heteroatoms. The smallest absolute Gasteiger partial charge is 0.335 e. The molecule has 0 saturated heterocycles. The fourth-order valence-electron chi connectivity index (χ4n) is 2.24. The van der Waals surface area contributed by atoms with E-state index in [-0.39, 0.29) is 28.5 Å². The van der Waals surface area contributed by atoms with Crippen LogP contribution in [0.5, 0.6) is 0 Å². The largest absolute Gasteiger partial charge is 0.478 e. The van der Waals surface area contributed by atoms with Gasteiger partial charge in [0.1, 0.15) is 0 Å². The summed E-state index contributed by atoms with van der Waals surface area (Å²) in [6.07, 6.45) is 0. The van der Waals surface area contributed by atoms with E-state index in [9.17, 15) is 9.59 Å². The lowest BCUT2D eigenvalue weighted by Crippen LogP contribution is -2.05. The number of carboxylic acids is 1. The molecule has 1 aromatic heterocycles. The zero-order valence-corrected chi connectivity index (χ0v) is 16.3. The topological polar surface area (TPSA) is 91.3 Å². The number of aromatic nitrogens is 1. The first-order chi connectivity index (χ1) is 12.0. The average molecular weight is 434 g/mol. The van der Waals surface area contributed by atoms with Gasteiger partial charge in [-0.25, -0.2) is 9.78 Å². The standard InChI is InChI=1S/C18H15N3O3S.BrH/c1-11(22)19-15-4-2-3-13(9-15)16-10-25-18(21-16)20-14-7-5-12(6-8-14)17(23)24;/h2-10H,1H3,(H,19,22)(H,20,21)(H,23,24);1H.